The van der Waals surface area contributed by atoms with E-state index in [2.05, 4.69) is 10.2 Å². The Morgan fingerprint density at radius 2 is 1.92 bits per heavy atom. The molecule has 1 aliphatic heterocycles. The fourth-order valence-electron chi connectivity index (χ4n) is 4.00. The summed E-state index contributed by atoms with van der Waals surface area (Å²) in [6.45, 7) is 0.739. The first kappa shape index (κ1) is 15.4. The van der Waals surface area contributed by atoms with Crippen LogP contribution in [0.5, 0.6) is 0 Å². The number of halogens is 1. The minimum atomic E-state index is -0.242. The summed E-state index contributed by atoms with van der Waals surface area (Å²) >= 11 is 0. The first-order chi connectivity index (χ1) is 11.7. The van der Waals surface area contributed by atoms with Crippen LogP contribution in [-0.4, -0.2) is 27.5 Å². The Labute approximate surface area is 141 Å². The summed E-state index contributed by atoms with van der Waals surface area (Å²) in [4.78, 5) is 15.1. The quantitative estimate of drug-likeness (QED) is 0.912. The van der Waals surface area contributed by atoms with E-state index in [4.69, 9.17) is 0 Å². The van der Waals surface area contributed by atoms with Crippen molar-refractivity contribution < 1.29 is 9.18 Å². The minimum absolute atomic E-state index is 0.0165. The molecular weight excluding hydrogens is 305 g/mol. The third kappa shape index (κ3) is 2.72. The Morgan fingerprint density at radius 3 is 2.75 bits per heavy atom. The van der Waals surface area contributed by atoms with Gasteiger partial charge in [-0.15, -0.1) is 0 Å². The second-order valence-corrected chi connectivity index (χ2v) is 6.80. The molecule has 126 valence electrons. The molecule has 2 aromatic rings. The molecule has 0 spiro atoms. The van der Waals surface area contributed by atoms with Crippen molar-refractivity contribution in [3.63, 3.8) is 0 Å². The van der Waals surface area contributed by atoms with Crippen molar-refractivity contribution in [2.45, 2.75) is 51.0 Å². The Kier molecular flexibility index (Phi) is 4.08. The Hall–Kier alpha value is -2.17. The van der Waals surface area contributed by atoms with Gasteiger partial charge in [-0.1, -0.05) is 12.1 Å². The molecule has 1 N–H and O–H groups in total. The second-order valence-electron chi connectivity index (χ2n) is 6.80. The lowest BCUT2D eigenvalue weighted by molar-refractivity contribution is 0.0604. The van der Waals surface area contributed by atoms with Crippen LogP contribution in [0.4, 0.5) is 4.39 Å². The number of nitrogens with one attached hydrogen (secondary N) is 1. The molecular formula is C19H22FN3O. The number of benzene rings is 1. The molecule has 1 atom stereocenters. The Balaban J connectivity index is 1.64. The molecule has 2 aliphatic rings. The number of carbonyl (C=O) groups is 1. The monoisotopic (exact) mass is 327 g/mol. The predicted octanol–water partition coefficient (Wildman–Crippen LogP) is 3.80. The summed E-state index contributed by atoms with van der Waals surface area (Å²) in [7, 11) is 0. The molecule has 0 bridgehead atoms. The van der Waals surface area contributed by atoms with Gasteiger partial charge in [0, 0.05) is 17.8 Å². The number of likely N-dealkylation sites (tertiary alicyclic amines) is 1. The standard InChI is InChI=1S/C19H22FN3O/c20-14-10-8-13(9-11-14)17-7-3-4-12-23(17)19(24)18-15-5-1-2-6-16(15)21-22-18/h8-11,17H,1-7,12H2,(H,21,22)/t17-/m1/s1. The maximum absolute atomic E-state index is 13.2. The predicted molar refractivity (Wildman–Crippen MR) is 89.3 cm³/mol. The molecule has 2 heterocycles. The van der Waals surface area contributed by atoms with Gasteiger partial charge in [0.05, 0.1) is 6.04 Å². The highest BCUT2D eigenvalue weighted by atomic mass is 19.1. The van der Waals surface area contributed by atoms with Gasteiger partial charge < -0.3 is 4.90 Å². The average Bonchev–Trinajstić information content (AvgIpc) is 3.06. The van der Waals surface area contributed by atoms with Crippen LogP contribution in [0.15, 0.2) is 24.3 Å². The van der Waals surface area contributed by atoms with Crippen molar-refractivity contribution in [1.82, 2.24) is 15.1 Å². The molecule has 1 amide bonds. The van der Waals surface area contributed by atoms with Crippen molar-refractivity contribution in [2.24, 2.45) is 0 Å². The lowest BCUT2D eigenvalue weighted by Crippen LogP contribution is -2.39. The smallest absolute Gasteiger partial charge is 0.275 e. The lowest BCUT2D eigenvalue weighted by atomic mass is 9.92. The molecule has 1 saturated heterocycles. The number of rotatable bonds is 2. The van der Waals surface area contributed by atoms with Crippen LogP contribution in [0.2, 0.25) is 0 Å². The second kappa shape index (κ2) is 6.38. The van der Waals surface area contributed by atoms with E-state index in [1.165, 1.54) is 12.1 Å². The van der Waals surface area contributed by atoms with Gasteiger partial charge in [-0.3, -0.25) is 9.89 Å². The number of fused-ring (bicyclic) bond motifs is 1. The van der Waals surface area contributed by atoms with Crippen molar-refractivity contribution in [1.29, 1.82) is 0 Å². The van der Waals surface area contributed by atoms with Gasteiger partial charge in [-0.2, -0.15) is 5.10 Å². The van der Waals surface area contributed by atoms with Crippen LogP contribution in [0.1, 0.15) is 65.5 Å². The number of H-pyrrole nitrogens is 1. The maximum Gasteiger partial charge on any atom is 0.275 e. The third-order valence-corrected chi connectivity index (χ3v) is 5.28. The fourth-order valence-corrected chi connectivity index (χ4v) is 4.00. The molecule has 4 nitrogen and oxygen atoms in total. The SMILES string of the molecule is O=C(c1n[nH]c2c1CCCC2)N1CCCC[C@@H]1c1ccc(F)cc1. The van der Waals surface area contributed by atoms with Crippen LogP contribution in [-0.2, 0) is 12.8 Å². The van der Waals surface area contributed by atoms with E-state index in [-0.39, 0.29) is 17.8 Å². The summed E-state index contributed by atoms with van der Waals surface area (Å²) in [6.07, 6.45) is 7.21. The largest absolute Gasteiger partial charge is 0.330 e. The number of hydrogen-bond donors (Lipinski definition) is 1. The maximum atomic E-state index is 13.2. The van der Waals surface area contributed by atoms with E-state index in [9.17, 15) is 9.18 Å². The van der Waals surface area contributed by atoms with E-state index < -0.39 is 0 Å². The van der Waals surface area contributed by atoms with Gasteiger partial charge in [0.15, 0.2) is 5.69 Å². The molecule has 1 aliphatic carbocycles. The molecule has 24 heavy (non-hydrogen) atoms. The van der Waals surface area contributed by atoms with E-state index >= 15 is 0 Å². The molecule has 1 aromatic heterocycles. The van der Waals surface area contributed by atoms with Gasteiger partial charge in [0.25, 0.3) is 5.91 Å². The first-order valence-electron chi connectivity index (χ1n) is 8.86. The summed E-state index contributed by atoms with van der Waals surface area (Å²) in [5, 5.41) is 7.40. The zero-order valence-electron chi connectivity index (χ0n) is 13.7. The van der Waals surface area contributed by atoms with Gasteiger partial charge in [-0.25, -0.2) is 4.39 Å². The highest BCUT2D eigenvalue weighted by molar-refractivity contribution is 5.94. The molecule has 1 aromatic carbocycles. The van der Waals surface area contributed by atoms with Crippen molar-refractivity contribution in [3.05, 3.63) is 52.6 Å². The molecule has 0 radical (unpaired) electrons. The highest BCUT2D eigenvalue weighted by Gasteiger charge is 2.32. The number of nitrogens with zero attached hydrogens (tertiary/aromatic N) is 2. The van der Waals surface area contributed by atoms with Crippen molar-refractivity contribution in [2.75, 3.05) is 6.54 Å². The molecule has 1 fully saturated rings. The normalized spacial score (nSPS) is 20.7. The third-order valence-electron chi connectivity index (χ3n) is 5.28. The van der Waals surface area contributed by atoms with Gasteiger partial charge in [0.1, 0.15) is 5.82 Å². The van der Waals surface area contributed by atoms with Crippen molar-refractivity contribution in [3.8, 4) is 0 Å². The summed E-state index contributed by atoms with van der Waals surface area (Å²) in [6, 6.07) is 6.56. The molecule has 4 rings (SSSR count). The average molecular weight is 327 g/mol. The number of aromatic nitrogens is 2. The topological polar surface area (TPSA) is 49.0 Å². The lowest BCUT2D eigenvalue weighted by Gasteiger charge is -2.36. The number of aromatic amines is 1. The first-order valence-corrected chi connectivity index (χ1v) is 8.86. The van der Waals surface area contributed by atoms with Crippen LogP contribution in [0.3, 0.4) is 0 Å². The van der Waals surface area contributed by atoms with Crippen LogP contribution >= 0.6 is 0 Å². The van der Waals surface area contributed by atoms with E-state index in [0.717, 1.165) is 68.3 Å². The number of hydrogen-bond acceptors (Lipinski definition) is 2. The summed E-state index contributed by atoms with van der Waals surface area (Å²) in [5.41, 5.74) is 3.84. The fraction of sp³-hybridized carbons (Fsp3) is 0.474. The number of piperidine rings is 1. The van der Waals surface area contributed by atoms with Gasteiger partial charge >= 0.3 is 0 Å². The van der Waals surface area contributed by atoms with Crippen LogP contribution < -0.4 is 0 Å². The minimum Gasteiger partial charge on any atom is -0.330 e. The zero-order chi connectivity index (χ0) is 16.5. The van der Waals surface area contributed by atoms with E-state index in [1.54, 1.807) is 12.1 Å². The molecule has 0 unspecified atom stereocenters. The summed E-state index contributed by atoms with van der Waals surface area (Å²) < 4.78 is 13.2. The van der Waals surface area contributed by atoms with Crippen molar-refractivity contribution >= 4 is 5.91 Å². The Morgan fingerprint density at radius 1 is 1.12 bits per heavy atom. The molecule has 0 saturated carbocycles. The van der Waals surface area contributed by atoms with Gasteiger partial charge in [0.2, 0.25) is 0 Å². The number of amides is 1. The number of aryl methyl sites for hydroxylation is 1. The summed E-state index contributed by atoms with van der Waals surface area (Å²) in [5.74, 6) is -0.225. The van der Waals surface area contributed by atoms with Crippen LogP contribution in [0.25, 0.3) is 0 Å². The highest BCUT2D eigenvalue weighted by Crippen LogP contribution is 2.33. The molecule has 5 heteroatoms. The Bertz CT molecular complexity index is 738. The zero-order valence-corrected chi connectivity index (χ0v) is 13.7. The van der Waals surface area contributed by atoms with Gasteiger partial charge in [-0.05, 0) is 62.6 Å². The van der Waals surface area contributed by atoms with Crippen LogP contribution in [0, 0.1) is 5.82 Å². The van der Waals surface area contributed by atoms with E-state index in [0.29, 0.717) is 5.69 Å². The van der Waals surface area contributed by atoms with E-state index in [1.807, 2.05) is 4.90 Å². The number of carbonyl (C=O) groups excluding carboxylic acids is 1.